The van der Waals surface area contributed by atoms with Gasteiger partial charge in [-0.3, -0.25) is 14.4 Å². The number of benzene rings is 1. The lowest BCUT2D eigenvalue weighted by molar-refractivity contribution is -0.137. The van der Waals surface area contributed by atoms with Crippen molar-refractivity contribution < 1.29 is 14.7 Å². The highest BCUT2D eigenvalue weighted by Gasteiger charge is 2.19. The average molecular weight is 300 g/mol. The van der Waals surface area contributed by atoms with Crippen LogP contribution in [0.5, 0.6) is 0 Å². The highest BCUT2D eigenvalue weighted by Crippen LogP contribution is 2.18. The molecule has 0 radical (unpaired) electrons. The summed E-state index contributed by atoms with van der Waals surface area (Å²) < 4.78 is 0. The summed E-state index contributed by atoms with van der Waals surface area (Å²) in [5, 5.41) is 11.7. The van der Waals surface area contributed by atoms with E-state index in [0.29, 0.717) is 5.56 Å². The summed E-state index contributed by atoms with van der Waals surface area (Å²) >= 11 is 0. The minimum atomic E-state index is -1.01. The first kappa shape index (κ1) is 15.5. The van der Waals surface area contributed by atoms with Crippen LogP contribution in [0.15, 0.2) is 47.4 Å². The minimum absolute atomic E-state index is 0.224. The third kappa shape index (κ3) is 4.05. The van der Waals surface area contributed by atoms with Gasteiger partial charge in [-0.15, -0.1) is 0 Å². The summed E-state index contributed by atoms with van der Waals surface area (Å²) in [6.45, 7) is 1.93. The van der Waals surface area contributed by atoms with Crippen molar-refractivity contribution in [2.24, 2.45) is 0 Å². The molecule has 1 atom stereocenters. The molecule has 0 bridgehead atoms. The lowest BCUT2D eigenvalue weighted by Gasteiger charge is -2.17. The number of rotatable bonds is 5. The van der Waals surface area contributed by atoms with Gasteiger partial charge in [0.15, 0.2) is 0 Å². The molecule has 6 nitrogen and oxygen atoms in total. The van der Waals surface area contributed by atoms with E-state index < -0.39 is 17.9 Å². The molecule has 0 aliphatic rings. The summed E-state index contributed by atoms with van der Waals surface area (Å²) in [4.78, 5) is 36.6. The van der Waals surface area contributed by atoms with Gasteiger partial charge in [-0.1, -0.05) is 29.8 Å². The quantitative estimate of drug-likeness (QED) is 0.781. The number of aryl methyl sites for hydroxylation is 1. The summed E-state index contributed by atoms with van der Waals surface area (Å²) in [6.07, 6.45) is 1.07. The molecular weight excluding hydrogens is 284 g/mol. The number of pyridine rings is 1. The minimum Gasteiger partial charge on any atom is -0.481 e. The van der Waals surface area contributed by atoms with E-state index in [9.17, 15) is 14.4 Å². The fourth-order valence-electron chi connectivity index (χ4n) is 2.02. The van der Waals surface area contributed by atoms with Gasteiger partial charge >= 0.3 is 5.97 Å². The number of carbonyl (C=O) groups excluding carboxylic acids is 1. The molecule has 1 amide bonds. The SMILES string of the molecule is Cc1ccc([C@@H](CC(=O)O)NC(=O)c2ccc(=O)[nH]c2)cc1. The second-order valence-electron chi connectivity index (χ2n) is 4.98. The molecule has 0 fully saturated rings. The van der Waals surface area contributed by atoms with Crippen molar-refractivity contribution in [2.45, 2.75) is 19.4 Å². The summed E-state index contributed by atoms with van der Waals surface area (Å²) in [5.41, 5.74) is 1.72. The number of carboxylic acids is 1. The van der Waals surface area contributed by atoms with Crippen molar-refractivity contribution in [3.63, 3.8) is 0 Å². The number of H-pyrrole nitrogens is 1. The van der Waals surface area contributed by atoms with E-state index in [4.69, 9.17) is 5.11 Å². The standard InChI is InChI=1S/C16H16N2O4/c1-10-2-4-11(5-3-10)13(8-15(20)21)18-16(22)12-6-7-14(19)17-9-12/h2-7,9,13H,8H2,1H3,(H,17,19)(H,18,22)(H,20,21)/t13-/m1/s1. The van der Waals surface area contributed by atoms with Gasteiger partial charge in [-0.25, -0.2) is 0 Å². The predicted molar refractivity (Wildman–Crippen MR) is 80.7 cm³/mol. The Morgan fingerprint density at radius 2 is 1.86 bits per heavy atom. The predicted octanol–water partition coefficient (Wildman–Crippen LogP) is 1.63. The maximum absolute atomic E-state index is 12.2. The second kappa shape index (κ2) is 6.71. The smallest absolute Gasteiger partial charge is 0.305 e. The zero-order valence-corrected chi connectivity index (χ0v) is 12.0. The van der Waals surface area contributed by atoms with Gasteiger partial charge in [0.1, 0.15) is 0 Å². The zero-order valence-electron chi connectivity index (χ0n) is 12.0. The molecule has 0 aliphatic carbocycles. The molecule has 22 heavy (non-hydrogen) atoms. The van der Waals surface area contributed by atoms with E-state index in [0.717, 1.165) is 5.56 Å². The highest BCUT2D eigenvalue weighted by atomic mass is 16.4. The molecule has 0 spiro atoms. The van der Waals surface area contributed by atoms with Crippen LogP contribution in [0.3, 0.4) is 0 Å². The number of nitrogens with one attached hydrogen (secondary N) is 2. The second-order valence-corrected chi connectivity index (χ2v) is 4.98. The number of carboxylic acid groups (broad SMARTS) is 1. The number of aliphatic carboxylic acids is 1. The highest BCUT2D eigenvalue weighted by molar-refractivity contribution is 5.94. The van der Waals surface area contributed by atoms with Crippen molar-refractivity contribution >= 4 is 11.9 Å². The molecule has 0 saturated carbocycles. The number of aromatic amines is 1. The van der Waals surface area contributed by atoms with Crippen molar-refractivity contribution in [2.75, 3.05) is 0 Å². The molecular formula is C16H16N2O4. The fourth-order valence-corrected chi connectivity index (χ4v) is 2.02. The topological polar surface area (TPSA) is 99.3 Å². The first-order valence-corrected chi connectivity index (χ1v) is 6.73. The molecule has 0 saturated heterocycles. The summed E-state index contributed by atoms with van der Waals surface area (Å²) in [5.74, 6) is -1.45. The van der Waals surface area contributed by atoms with Gasteiger partial charge in [-0.2, -0.15) is 0 Å². The Morgan fingerprint density at radius 1 is 1.18 bits per heavy atom. The van der Waals surface area contributed by atoms with Crippen LogP contribution in [0.25, 0.3) is 0 Å². The number of aromatic nitrogens is 1. The van der Waals surface area contributed by atoms with Crippen molar-refractivity contribution in [3.8, 4) is 0 Å². The molecule has 0 aliphatic heterocycles. The van der Waals surface area contributed by atoms with Crippen LogP contribution in [0, 0.1) is 6.92 Å². The lowest BCUT2D eigenvalue weighted by Crippen LogP contribution is -2.30. The molecule has 0 unspecified atom stereocenters. The van der Waals surface area contributed by atoms with Crippen LogP contribution >= 0.6 is 0 Å². The molecule has 1 heterocycles. The first-order valence-electron chi connectivity index (χ1n) is 6.73. The van der Waals surface area contributed by atoms with Crippen molar-refractivity contribution in [3.05, 3.63) is 69.6 Å². The summed E-state index contributed by atoms with van der Waals surface area (Å²) in [6, 6.07) is 9.28. The maximum atomic E-state index is 12.2. The van der Waals surface area contributed by atoms with E-state index >= 15 is 0 Å². The monoisotopic (exact) mass is 300 g/mol. The van der Waals surface area contributed by atoms with Crippen LogP contribution in [-0.2, 0) is 4.79 Å². The largest absolute Gasteiger partial charge is 0.481 e. The Bertz CT molecular complexity index is 714. The van der Waals surface area contributed by atoms with E-state index in [-0.39, 0.29) is 17.5 Å². The number of hydrogen-bond donors (Lipinski definition) is 3. The number of amides is 1. The Labute approximate surface area is 126 Å². The average Bonchev–Trinajstić information content (AvgIpc) is 2.47. The van der Waals surface area contributed by atoms with E-state index in [1.807, 2.05) is 19.1 Å². The van der Waals surface area contributed by atoms with Gasteiger partial charge in [0.05, 0.1) is 18.0 Å². The van der Waals surface area contributed by atoms with Gasteiger partial charge in [0, 0.05) is 12.3 Å². The Kier molecular flexibility index (Phi) is 4.73. The number of hydrogen-bond acceptors (Lipinski definition) is 3. The van der Waals surface area contributed by atoms with Crippen molar-refractivity contribution in [1.82, 2.24) is 10.3 Å². The third-order valence-electron chi connectivity index (χ3n) is 3.21. The molecule has 114 valence electrons. The van der Waals surface area contributed by atoms with Gasteiger partial charge in [0.2, 0.25) is 5.56 Å². The van der Waals surface area contributed by atoms with Crippen molar-refractivity contribution in [1.29, 1.82) is 0 Å². The third-order valence-corrected chi connectivity index (χ3v) is 3.21. The summed E-state index contributed by atoms with van der Waals surface area (Å²) in [7, 11) is 0. The van der Waals surface area contributed by atoms with Crippen LogP contribution in [0.2, 0.25) is 0 Å². The Morgan fingerprint density at radius 3 is 2.41 bits per heavy atom. The number of carbonyl (C=O) groups is 2. The van der Waals surface area contributed by atoms with Gasteiger partial charge < -0.3 is 15.4 Å². The molecule has 6 heteroatoms. The van der Waals surface area contributed by atoms with E-state index in [1.165, 1.54) is 18.3 Å². The molecule has 3 N–H and O–H groups in total. The lowest BCUT2D eigenvalue weighted by atomic mass is 10.0. The van der Waals surface area contributed by atoms with Crippen LogP contribution in [0.4, 0.5) is 0 Å². The molecule has 1 aromatic carbocycles. The van der Waals surface area contributed by atoms with E-state index in [2.05, 4.69) is 10.3 Å². The Balaban J connectivity index is 2.20. The first-order chi connectivity index (χ1) is 10.5. The maximum Gasteiger partial charge on any atom is 0.305 e. The van der Waals surface area contributed by atoms with E-state index in [1.54, 1.807) is 12.1 Å². The molecule has 2 rings (SSSR count). The zero-order chi connectivity index (χ0) is 16.1. The molecule has 1 aromatic heterocycles. The van der Waals surface area contributed by atoms with Crippen LogP contribution in [0.1, 0.15) is 33.9 Å². The Hall–Kier alpha value is -2.89. The van der Waals surface area contributed by atoms with Crippen LogP contribution in [-0.4, -0.2) is 22.0 Å². The van der Waals surface area contributed by atoms with Crippen LogP contribution < -0.4 is 10.9 Å². The van der Waals surface area contributed by atoms with Gasteiger partial charge in [-0.05, 0) is 18.6 Å². The van der Waals surface area contributed by atoms with Gasteiger partial charge in [0.25, 0.3) is 5.91 Å². The molecule has 2 aromatic rings. The fraction of sp³-hybridized carbons (Fsp3) is 0.188. The normalized spacial score (nSPS) is 11.7.